The zero-order valence-corrected chi connectivity index (χ0v) is 15.7. The number of hydrogen-bond donors (Lipinski definition) is 0. The van der Waals surface area contributed by atoms with Crippen LogP contribution in [0.15, 0.2) is 82.1 Å². The van der Waals surface area contributed by atoms with Gasteiger partial charge in [0.15, 0.2) is 0 Å². The van der Waals surface area contributed by atoms with Crippen LogP contribution >= 0.6 is 0 Å². The molecule has 0 saturated heterocycles. The molecule has 3 nitrogen and oxygen atoms in total. The Balaban J connectivity index is 1.73. The molecule has 3 rings (SSSR count). The standard InChI is InChI=1S/C22H21NO2S/c1-17-7-13-22(14-8-17)26(24,25)23-16-20-11-9-19(10-12-20)15-21-6-4-3-5-18(21)2/h3-14,16H,15H2,1-2H3/b23-16+. The Hall–Kier alpha value is -2.72. The summed E-state index contributed by atoms with van der Waals surface area (Å²) in [5.74, 6) is 0. The fraction of sp³-hybridized carbons (Fsp3) is 0.136. The zero-order valence-electron chi connectivity index (χ0n) is 14.9. The van der Waals surface area contributed by atoms with Crippen molar-refractivity contribution in [3.8, 4) is 0 Å². The summed E-state index contributed by atoms with van der Waals surface area (Å²) >= 11 is 0. The van der Waals surface area contributed by atoms with Crippen LogP contribution in [0.25, 0.3) is 0 Å². The molecule has 0 aliphatic carbocycles. The van der Waals surface area contributed by atoms with Crippen molar-refractivity contribution in [2.75, 3.05) is 0 Å². The van der Waals surface area contributed by atoms with Crippen LogP contribution in [-0.2, 0) is 16.4 Å². The lowest BCUT2D eigenvalue weighted by Crippen LogP contribution is -1.98. The Bertz CT molecular complexity index is 1020. The van der Waals surface area contributed by atoms with Gasteiger partial charge in [-0.2, -0.15) is 12.8 Å². The first-order chi connectivity index (χ1) is 12.4. The number of rotatable bonds is 5. The topological polar surface area (TPSA) is 46.5 Å². The quantitative estimate of drug-likeness (QED) is 0.617. The molecule has 0 fully saturated rings. The minimum atomic E-state index is -3.67. The molecule has 0 bridgehead atoms. The van der Waals surface area contributed by atoms with Crippen molar-refractivity contribution in [1.29, 1.82) is 0 Å². The molecule has 132 valence electrons. The van der Waals surface area contributed by atoms with E-state index in [1.54, 1.807) is 24.3 Å². The first-order valence-corrected chi connectivity index (χ1v) is 9.88. The van der Waals surface area contributed by atoms with E-state index in [0.29, 0.717) is 0 Å². The Morgan fingerprint density at radius 3 is 2.15 bits per heavy atom. The van der Waals surface area contributed by atoms with Crippen LogP contribution in [0.2, 0.25) is 0 Å². The average Bonchev–Trinajstić information content (AvgIpc) is 2.63. The summed E-state index contributed by atoms with van der Waals surface area (Å²) in [6, 6.07) is 22.8. The van der Waals surface area contributed by atoms with Crippen molar-refractivity contribution < 1.29 is 8.42 Å². The predicted octanol–water partition coefficient (Wildman–Crippen LogP) is 4.70. The van der Waals surface area contributed by atoms with Gasteiger partial charge in [-0.1, -0.05) is 66.2 Å². The number of nitrogens with zero attached hydrogens (tertiary/aromatic N) is 1. The molecule has 0 spiro atoms. The van der Waals surface area contributed by atoms with Crippen LogP contribution < -0.4 is 0 Å². The van der Waals surface area contributed by atoms with E-state index < -0.39 is 10.0 Å². The molecule has 0 aliphatic heterocycles. The maximum Gasteiger partial charge on any atom is 0.282 e. The fourth-order valence-electron chi connectivity index (χ4n) is 2.65. The lowest BCUT2D eigenvalue weighted by atomic mass is 10.00. The van der Waals surface area contributed by atoms with E-state index in [-0.39, 0.29) is 4.90 Å². The van der Waals surface area contributed by atoms with E-state index in [1.807, 2.05) is 43.3 Å². The maximum atomic E-state index is 12.3. The summed E-state index contributed by atoms with van der Waals surface area (Å²) in [6.45, 7) is 4.02. The number of aryl methyl sites for hydroxylation is 2. The van der Waals surface area contributed by atoms with E-state index in [9.17, 15) is 8.42 Å². The summed E-state index contributed by atoms with van der Waals surface area (Å²) < 4.78 is 28.3. The molecule has 0 aliphatic rings. The lowest BCUT2D eigenvalue weighted by molar-refractivity contribution is 0.598. The van der Waals surface area contributed by atoms with E-state index in [0.717, 1.165) is 17.5 Å². The van der Waals surface area contributed by atoms with Crippen LogP contribution in [-0.4, -0.2) is 14.6 Å². The van der Waals surface area contributed by atoms with Crippen LogP contribution in [0, 0.1) is 13.8 Å². The van der Waals surface area contributed by atoms with E-state index in [1.165, 1.54) is 22.9 Å². The molecular formula is C22H21NO2S. The smallest absolute Gasteiger partial charge is 0.199 e. The van der Waals surface area contributed by atoms with Crippen LogP contribution in [0.5, 0.6) is 0 Å². The van der Waals surface area contributed by atoms with E-state index in [4.69, 9.17) is 0 Å². The fourth-order valence-corrected chi connectivity index (χ4v) is 3.51. The summed E-state index contributed by atoms with van der Waals surface area (Å²) in [5, 5.41) is 0. The molecule has 0 heterocycles. The normalized spacial score (nSPS) is 11.8. The van der Waals surface area contributed by atoms with Gasteiger partial charge in [-0.3, -0.25) is 0 Å². The van der Waals surface area contributed by atoms with Crippen LogP contribution in [0.3, 0.4) is 0 Å². The highest BCUT2D eigenvalue weighted by molar-refractivity contribution is 7.90. The molecule has 0 radical (unpaired) electrons. The van der Waals surface area contributed by atoms with Crippen molar-refractivity contribution in [1.82, 2.24) is 0 Å². The largest absolute Gasteiger partial charge is 0.282 e. The maximum absolute atomic E-state index is 12.3. The summed E-state index contributed by atoms with van der Waals surface area (Å²) in [5.41, 5.74) is 5.50. The van der Waals surface area contributed by atoms with Gasteiger partial charge in [0.2, 0.25) is 0 Å². The summed E-state index contributed by atoms with van der Waals surface area (Å²) in [4.78, 5) is 0.204. The Morgan fingerprint density at radius 1 is 0.846 bits per heavy atom. The Kier molecular flexibility index (Phi) is 5.33. The lowest BCUT2D eigenvalue weighted by Gasteiger charge is -2.06. The SMILES string of the molecule is Cc1ccc(S(=O)(=O)/N=C/c2ccc(Cc3ccccc3C)cc2)cc1. The van der Waals surface area contributed by atoms with E-state index >= 15 is 0 Å². The first-order valence-electron chi connectivity index (χ1n) is 8.44. The van der Waals surface area contributed by atoms with Crippen molar-refractivity contribution in [2.45, 2.75) is 25.2 Å². The van der Waals surface area contributed by atoms with Crippen molar-refractivity contribution in [3.05, 3.63) is 101 Å². The second-order valence-corrected chi connectivity index (χ2v) is 8.00. The highest BCUT2D eigenvalue weighted by atomic mass is 32.2. The Labute approximate surface area is 155 Å². The van der Waals surface area contributed by atoms with Crippen LogP contribution in [0.1, 0.15) is 27.8 Å². The van der Waals surface area contributed by atoms with Crippen molar-refractivity contribution >= 4 is 16.2 Å². The molecule has 0 unspecified atom stereocenters. The molecule has 0 saturated carbocycles. The summed E-state index contributed by atoms with van der Waals surface area (Å²) in [7, 11) is -3.67. The minimum absolute atomic E-state index is 0.204. The predicted molar refractivity (Wildman–Crippen MR) is 106 cm³/mol. The van der Waals surface area contributed by atoms with Gasteiger partial charge < -0.3 is 0 Å². The molecular weight excluding hydrogens is 342 g/mol. The second-order valence-electron chi connectivity index (χ2n) is 6.37. The third-order valence-electron chi connectivity index (χ3n) is 4.29. The number of sulfonamides is 1. The zero-order chi connectivity index (χ0) is 18.6. The van der Waals surface area contributed by atoms with Gasteiger partial charge in [0.1, 0.15) is 0 Å². The molecule has 0 atom stereocenters. The average molecular weight is 363 g/mol. The molecule has 0 amide bonds. The number of benzene rings is 3. The van der Waals surface area contributed by atoms with Crippen molar-refractivity contribution in [2.24, 2.45) is 4.40 Å². The van der Waals surface area contributed by atoms with Crippen molar-refractivity contribution in [3.63, 3.8) is 0 Å². The molecule has 3 aromatic carbocycles. The van der Waals surface area contributed by atoms with Gasteiger partial charge in [-0.05, 0) is 54.7 Å². The van der Waals surface area contributed by atoms with Gasteiger partial charge in [-0.15, -0.1) is 0 Å². The van der Waals surface area contributed by atoms with Gasteiger partial charge in [0, 0.05) is 6.21 Å². The summed E-state index contributed by atoms with van der Waals surface area (Å²) in [6.07, 6.45) is 2.25. The third-order valence-corrected chi connectivity index (χ3v) is 5.55. The van der Waals surface area contributed by atoms with Gasteiger partial charge >= 0.3 is 0 Å². The van der Waals surface area contributed by atoms with E-state index in [2.05, 4.69) is 23.5 Å². The minimum Gasteiger partial charge on any atom is -0.199 e. The molecule has 26 heavy (non-hydrogen) atoms. The molecule has 0 N–H and O–H groups in total. The second kappa shape index (κ2) is 7.67. The first kappa shape index (κ1) is 18.1. The highest BCUT2D eigenvalue weighted by Crippen LogP contribution is 2.15. The van der Waals surface area contributed by atoms with Gasteiger partial charge in [0.25, 0.3) is 10.0 Å². The van der Waals surface area contributed by atoms with Crippen LogP contribution in [0.4, 0.5) is 0 Å². The third kappa shape index (κ3) is 4.46. The highest BCUT2D eigenvalue weighted by Gasteiger charge is 2.10. The van der Waals surface area contributed by atoms with Gasteiger partial charge in [0.05, 0.1) is 4.90 Å². The molecule has 4 heteroatoms. The molecule has 0 aromatic heterocycles. The monoisotopic (exact) mass is 363 g/mol. The van der Waals surface area contributed by atoms with Gasteiger partial charge in [-0.25, -0.2) is 0 Å². The molecule has 3 aromatic rings. The Morgan fingerprint density at radius 2 is 1.50 bits per heavy atom. The number of hydrogen-bond acceptors (Lipinski definition) is 2.